The highest BCUT2D eigenvalue weighted by atomic mass is 14.7. The van der Waals surface area contributed by atoms with E-state index >= 15 is 0 Å². The quantitative estimate of drug-likeness (QED) is 0.382. The third-order valence-electron chi connectivity index (χ3n) is 12.0. The molecule has 5 rings (SSSR count). The van der Waals surface area contributed by atoms with E-state index in [2.05, 4.69) is 66.3 Å². The minimum absolute atomic E-state index is 0.364. The van der Waals surface area contributed by atoms with Gasteiger partial charge in [-0.15, -0.1) is 0 Å². The molecule has 0 N–H and O–H groups in total. The average Bonchev–Trinajstić information content (AvgIpc) is 2.67. The highest BCUT2D eigenvalue weighted by molar-refractivity contribution is 5.27. The Morgan fingerprint density at radius 3 is 2.43 bits per heavy atom. The molecule has 0 aliphatic heterocycles. The van der Waals surface area contributed by atoms with Crippen LogP contribution in [0.25, 0.3) is 0 Å². The van der Waals surface area contributed by atoms with Gasteiger partial charge in [0.2, 0.25) is 0 Å². The summed E-state index contributed by atoms with van der Waals surface area (Å²) < 4.78 is 0. The maximum Gasteiger partial charge on any atom is -0.0104 e. The van der Waals surface area contributed by atoms with Gasteiger partial charge in [0, 0.05) is 0 Å². The summed E-state index contributed by atoms with van der Waals surface area (Å²) in [4.78, 5) is 0. The van der Waals surface area contributed by atoms with Crippen molar-refractivity contribution in [1.29, 1.82) is 0 Å². The van der Waals surface area contributed by atoms with Crippen molar-refractivity contribution in [3.05, 3.63) is 36.0 Å². The van der Waals surface area contributed by atoms with Crippen LogP contribution in [-0.4, -0.2) is 0 Å². The lowest BCUT2D eigenvalue weighted by molar-refractivity contribution is -0.207. The second-order valence-corrected chi connectivity index (χ2v) is 13.4. The summed E-state index contributed by atoms with van der Waals surface area (Å²) >= 11 is 0. The van der Waals surface area contributed by atoms with Crippen LogP contribution in [-0.2, 0) is 0 Å². The molecule has 166 valence electrons. The van der Waals surface area contributed by atoms with Crippen LogP contribution in [0.4, 0.5) is 0 Å². The molecule has 0 bridgehead atoms. The fourth-order valence-electron chi connectivity index (χ4n) is 10.4. The van der Waals surface area contributed by atoms with Crippen LogP contribution in [0.5, 0.6) is 0 Å². The van der Waals surface area contributed by atoms with E-state index in [4.69, 9.17) is 0 Å². The summed E-state index contributed by atoms with van der Waals surface area (Å²) in [7, 11) is 0. The molecule has 5 aliphatic rings. The summed E-state index contributed by atoms with van der Waals surface area (Å²) in [6.07, 6.45) is 20.3. The predicted molar refractivity (Wildman–Crippen MR) is 129 cm³/mol. The van der Waals surface area contributed by atoms with Crippen LogP contribution in [0.2, 0.25) is 0 Å². The van der Waals surface area contributed by atoms with Gasteiger partial charge in [-0.25, -0.2) is 0 Å². The molecule has 3 saturated carbocycles. The molecular formula is C30H46. The number of hydrogen-bond acceptors (Lipinski definition) is 0. The van der Waals surface area contributed by atoms with E-state index in [9.17, 15) is 0 Å². The van der Waals surface area contributed by atoms with Gasteiger partial charge in [0.05, 0.1) is 0 Å². The molecule has 3 fully saturated rings. The van der Waals surface area contributed by atoms with Crippen molar-refractivity contribution in [3.8, 4) is 0 Å². The second-order valence-electron chi connectivity index (χ2n) is 13.4. The molecule has 0 saturated heterocycles. The lowest BCUT2D eigenvalue weighted by Gasteiger charge is -2.71. The van der Waals surface area contributed by atoms with Crippen LogP contribution in [0.15, 0.2) is 36.0 Å². The van der Waals surface area contributed by atoms with E-state index in [0.717, 1.165) is 29.6 Å². The van der Waals surface area contributed by atoms with Gasteiger partial charge in [-0.1, -0.05) is 70.6 Å². The average molecular weight is 407 g/mol. The Labute approximate surface area is 186 Å². The molecule has 5 aliphatic carbocycles. The topological polar surface area (TPSA) is 0 Å². The first kappa shape index (κ1) is 21.1. The van der Waals surface area contributed by atoms with Gasteiger partial charge in [0.25, 0.3) is 0 Å². The second kappa shape index (κ2) is 6.62. The first-order valence-corrected chi connectivity index (χ1v) is 13.1. The maximum absolute atomic E-state index is 4.48. The van der Waals surface area contributed by atoms with E-state index in [0.29, 0.717) is 21.7 Å². The molecule has 0 amide bonds. The standard InChI is InChI=1S/C30H46/c1-20(2)22-11-8-10-21-14-18-29(6)23(26(21)22)12-13-25-28(5)17-9-16-27(3,4)24(28)15-19-30(25,29)7/h9-10,16,22-26H,1,8,11-15,17-19H2,2-7H3/t22-,23+,24-,25+,26+,28-,29+,30+/m0/s1. The zero-order chi connectivity index (χ0) is 21.5. The first-order chi connectivity index (χ1) is 14.0. The minimum Gasteiger partial charge on any atom is -0.0998 e. The summed E-state index contributed by atoms with van der Waals surface area (Å²) in [6, 6.07) is 0. The summed E-state index contributed by atoms with van der Waals surface area (Å²) in [5, 5.41) is 0. The van der Waals surface area contributed by atoms with Crippen molar-refractivity contribution in [2.75, 3.05) is 0 Å². The predicted octanol–water partition coefficient (Wildman–Crippen LogP) is 8.75. The molecule has 30 heavy (non-hydrogen) atoms. The number of hydrogen-bond donors (Lipinski definition) is 0. The Morgan fingerprint density at radius 1 is 0.933 bits per heavy atom. The Hall–Kier alpha value is -0.780. The molecular weight excluding hydrogens is 360 g/mol. The van der Waals surface area contributed by atoms with Gasteiger partial charge >= 0.3 is 0 Å². The normalized spacial score (nSPS) is 51.7. The van der Waals surface area contributed by atoms with Crippen molar-refractivity contribution >= 4 is 0 Å². The van der Waals surface area contributed by atoms with E-state index in [1.54, 1.807) is 0 Å². The third-order valence-corrected chi connectivity index (χ3v) is 12.0. The summed E-state index contributed by atoms with van der Waals surface area (Å²) in [6.45, 7) is 20.0. The molecule has 0 radical (unpaired) electrons. The molecule has 0 spiro atoms. The van der Waals surface area contributed by atoms with Gasteiger partial charge in [0.1, 0.15) is 0 Å². The summed E-state index contributed by atoms with van der Waals surface area (Å²) in [5.74, 6) is 4.13. The third kappa shape index (κ3) is 2.58. The first-order valence-electron chi connectivity index (χ1n) is 13.1. The highest BCUT2D eigenvalue weighted by Crippen LogP contribution is 2.74. The zero-order valence-electron chi connectivity index (χ0n) is 20.7. The van der Waals surface area contributed by atoms with Gasteiger partial charge in [-0.05, 0) is 116 Å². The molecule has 0 heteroatoms. The van der Waals surface area contributed by atoms with Crippen LogP contribution in [0, 0.1) is 51.2 Å². The van der Waals surface area contributed by atoms with Gasteiger partial charge in [0.15, 0.2) is 0 Å². The summed E-state index contributed by atoms with van der Waals surface area (Å²) in [5.41, 5.74) is 5.10. The van der Waals surface area contributed by atoms with E-state index < -0.39 is 0 Å². The Kier molecular flexibility index (Phi) is 4.65. The van der Waals surface area contributed by atoms with Crippen molar-refractivity contribution in [3.63, 3.8) is 0 Å². The molecule has 0 aromatic carbocycles. The zero-order valence-corrected chi connectivity index (χ0v) is 20.7. The molecule has 8 atom stereocenters. The van der Waals surface area contributed by atoms with Crippen molar-refractivity contribution in [2.24, 2.45) is 51.2 Å². The molecule has 0 unspecified atom stereocenters. The Bertz CT molecular complexity index is 795. The fraction of sp³-hybridized carbons (Fsp3) is 0.800. The lowest BCUT2D eigenvalue weighted by Crippen LogP contribution is -2.64. The Balaban J connectivity index is 1.56. The van der Waals surface area contributed by atoms with Gasteiger partial charge < -0.3 is 0 Å². The van der Waals surface area contributed by atoms with Crippen molar-refractivity contribution in [2.45, 2.75) is 99.3 Å². The van der Waals surface area contributed by atoms with Gasteiger partial charge in [-0.3, -0.25) is 0 Å². The number of allylic oxidation sites excluding steroid dienone is 5. The number of rotatable bonds is 1. The largest absolute Gasteiger partial charge is 0.0998 e. The van der Waals surface area contributed by atoms with Crippen LogP contribution in [0.1, 0.15) is 99.3 Å². The van der Waals surface area contributed by atoms with Crippen LogP contribution >= 0.6 is 0 Å². The highest BCUT2D eigenvalue weighted by Gasteiger charge is 2.67. The molecule has 0 aromatic heterocycles. The smallest absolute Gasteiger partial charge is 0.0104 e. The minimum atomic E-state index is 0.364. The lowest BCUT2D eigenvalue weighted by atomic mass is 9.33. The van der Waals surface area contributed by atoms with E-state index in [1.807, 2.05) is 5.57 Å². The van der Waals surface area contributed by atoms with E-state index in [1.165, 1.54) is 63.4 Å². The van der Waals surface area contributed by atoms with Crippen LogP contribution < -0.4 is 0 Å². The molecule has 0 nitrogen and oxygen atoms in total. The Morgan fingerprint density at radius 2 is 1.70 bits per heavy atom. The SMILES string of the molecule is C=C(C)[C@@H]1CCC=C2CC[C@]3(C)[C@H](CC[C@@H]4[C@@]5(C)CC=CC(C)(C)[C@@H]5CC[C@]43C)[C@H]21. The fourth-order valence-corrected chi connectivity index (χ4v) is 10.4. The monoisotopic (exact) mass is 406 g/mol. The van der Waals surface area contributed by atoms with Crippen molar-refractivity contribution in [1.82, 2.24) is 0 Å². The molecule has 0 heterocycles. The maximum atomic E-state index is 4.48. The van der Waals surface area contributed by atoms with Gasteiger partial charge in [-0.2, -0.15) is 0 Å². The van der Waals surface area contributed by atoms with Crippen molar-refractivity contribution < 1.29 is 0 Å². The number of fused-ring (bicyclic) bond motifs is 7. The van der Waals surface area contributed by atoms with E-state index in [-0.39, 0.29) is 0 Å². The van der Waals surface area contributed by atoms with Crippen LogP contribution in [0.3, 0.4) is 0 Å². The molecule has 0 aromatic rings.